The Morgan fingerprint density at radius 2 is 1.46 bits per heavy atom. The fourth-order valence-corrected chi connectivity index (χ4v) is 16.0. The summed E-state index contributed by atoms with van der Waals surface area (Å²) < 4.78 is 106. The molecule has 0 spiro atoms. The highest BCUT2D eigenvalue weighted by atomic mass is 32.7. The molecule has 1 amide bonds. The molecule has 6 aromatic rings. The molecular weight excluding hydrogens is 1180 g/mol. The Labute approximate surface area is 450 Å². The summed E-state index contributed by atoms with van der Waals surface area (Å²) in [5.41, 5.74) is 15.6. The Kier molecular flexibility index (Phi) is 16.7. The zero-order valence-electron chi connectivity index (χ0n) is 41.5. The zero-order valence-corrected chi connectivity index (χ0v) is 45.9. The lowest BCUT2D eigenvalue weighted by molar-refractivity contribution is -0.745. The molecule has 16 atom stereocenters. The maximum absolute atomic E-state index is 13.6. The second-order valence-corrected chi connectivity index (χ2v) is 26.6. The number of hydrogen-bond donors (Lipinski definition) is 11. The molecule has 0 aliphatic carbocycles. The van der Waals surface area contributed by atoms with Gasteiger partial charge in [-0.25, -0.2) is 38.2 Å². The van der Waals surface area contributed by atoms with Crippen molar-refractivity contribution in [1.29, 1.82) is 0 Å². The third kappa shape index (κ3) is 12.1. The van der Waals surface area contributed by atoms with Crippen LogP contribution in [0.15, 0.2) is 34.9 Å². The minimum Gasteiger partial charge on any atom is -0.756 e. The standard InChI is InChI=1S/C36H50N16O23P4S/c1-48(2)17(53)5-13-16(72-32(21(13)54)52-12-49(3)20-29(52)45-36(39)47-31(20)58)8-80-79(65,66)75-78(63,64)74-77(61,62)69-7-15-24(25(67-4)34(71-15)50-10-42-18-26(37)40-9-41-27(18)50)73-76(59,60)68-6-14-22(55)23(56)33(70-14)51-11-43-19-28(51)44-35(38)46-30(19)57/h9-16,21-25,32-34,54-56H,5-8H2,1-4H3,(H11-,37,38,39,40,41,44,45,46,47,57,58,59,60,61,62,63,64,65,66)/t13-,14-,15-,16-,21-,22-,23-,24-,25-,32-,33-,34-/m1/s1. The SMILES string of the molecule is CO[C@@H]1[C@H](OP(=O)([O-])OC[C@H]2O[C@@H](n3cnc4c(=O)[nH]c(N)nc43)[C@H](O)[C@@H]2O)[C@@H](COP(=O)(O)OP(=O)(O)OP(=O)(O)SC[C@H]2O[C@@H]([n+]3cn(C)c4c(=O)[nH]c(N)nc43)[C@H](O)[C@@H]2CC(=O)N(C)C)O[C@H]1n1cnc2c(N)ncnc21. The van der Waals surface area contributed by atoms with E-state index in [1.54, 1.807) is 0 Å². The van der Waals surface area contributed by atoms with Gasteiger partial charge < -0.3 is 85.0 Å². The van der Waals surface area contributed by atoms with Crippen molar-refractivity contribution in [2.75, 3.05) is 57.4 Å². The number of rotatable bonds is 21. The molecule has 0 aromatic carbocycles. The van der Waals surface area contributed by atoms with Crippen LogP contribution in [0, 0.1) is 5.92 Å². The number of methoxy groups -OCH3 is 1. The number of fused-ring (bicyclic) bond motifs is 3. The molecule has 0 bridgehead atoms. The molecule has 0 saturated carbocycles. The Morgan fingerprint density at radius 3 is 2.16 bits per heavy atom. The van der Waals surface area contributed by atoms with Gasteiger partial charge in [-0.2, -0.15) is 13.6 Å². The number of aryl methyl sites for hydroxylation is 1. The summed E-state index contributed by atoms with van der Waals surface area (Å²) in [7, 11) is -12.4. The highest BCUT2D eigenvalue weighted by Crippen LogP contribution is 2.72. The number of ether oxygens (including phenoxy) is 4. The number of H-pyrrole nitrogens is 2. The van der Waals surface area contributed by atoms with Gasteiger partial charge >= 0.3 is 28.1 Å². The molecule has 44 heteroatoms. The maximum atomic E-state index is 13.6. The van der Waals surface area contributed by atoms with E-state index in [4.69, 9.17) is 49.7 Å². The number of carbonyl (C=O) groups is 1. The monoisotopic (exact) mass is 1230 g/mol. The van der Waals surface area contributed by atoms with Crippen LogP contribution in [0.3, 0.4) is 0 Å². The molecule has 0 radical (unpaired) electrons. The van der Waals surface area contributed by atoms with Crippen molar-refractivity contribution in [3.63, 3.8) is 0 Å². The molecule has 6 aromatic heterocycles. The second-order valence-electron chi connectivity index (χ2n) is 18.1. The third-order valence-electron chi connectivity index (χ3n) is 12.6. The number of nitrogen functional groups attached to an aromatic ring is 3. The highest BCUT2D eigenvalue weighted by molar-refractivity contribution is 8.55. The van der Waals surface area contributed by atoms with Gasteiger partial charge in [-0.3, -0.25) is 47.1 Å². The molecule has 80 heavy (non-hydrogen) atoms. The van der Waals surface area contributed by atoms with Gasteiger partial charge in [0.1, 0.15) is 54.6 Å². The van der Waals surface area contributed by atoms with Gasteiger partial charge in [0, 0.05) is 39.3 Å². The van der Waals surface area contributed by atoms with Crippen molar-refractivity contribution in [1.82, 2.24) is 58.5 Å². The molecule has 3 fully saturated rings. The van der Waals surface area contributed by atoms with Gasteiger partial charge in [0.15, 0.2) is 41.4 Å². The number of aromatic nitrogens is 12. The van der Waals surface area contributed by atoms with Crippen LogP contribution in [0.4, 0.5) is 17.7 Å². The normalized spacial score (nSPS) is 29.2. The summed E-state index contributed by atoms with van der Waals surface area (Å²) in [4.78, 5) is 114. The minimum absolute atomic E-state index is 0.00150. The van der Waals surface area contributed by atoms with Crippen LogP contribution in [-0.2, 0) is 71.2 Å². The zero-order chi connectivity index (χ0) is 58.1. The number of hydrogen-bond acceptors (Lipinski definition) is 30. The first-order chi connectivity index (χ1) is 37.5. The molecule has 438 valence electrons. The number of nitrogens with two attached hydrogens (primary N) is 3. The predicted octanol–water partition coefficient (Wildman–Crippen LogP) is -3.89. The van der Waals surface area contributed by atoms with Crippen molar-refractivity contribution in [2.24, 2.45) is 13.0 Å². The number of amides is 1. The molecule has 9 heterocycles. The molecule has 14 N–H and O–H groups in total. The predicted molar refractivity (Wildman–Crippen MR) is 264 cm³/mol. The summed E-state index contributed by atoms with van der Waals surface area (Å²) in [6, 6.07) is 0. The largest absolute Gasteiger partial charge is 0.756 e. The topological polar surface area (TPSA) is 556 Å². The number of phosphoric ester groups is 2. The average molecular weight is 1230 g/mol. The summed E-state index contributed by atoms with van der Waals surface area (Å²) in [5.74, 6) is -3.01. The fraction of sp³-hybridized carbons (Fsp3) is 0.556. The number of aliphatic hydroxyl groups is 3. The molecule has 3 aliphatic rings. The summed E-state index contributed by atoms with van der Waals surface area (Å²) in [5, 5.41) is 33.3. The van der Waals surface area contributed by atoms with E-state index >= 15 is 0 Å². The molecule has 39 nitrogen and oxygen atoms in total. The van der Waals surface area contributed by atoms with Crippen molar-refractivity contribution >= 4 is 98.8 Å². The number of aliphatic hydroxyl groups excluding tert-OH is 3. The Hall–Kier alpha value is -5.25. The van der Waals surface area contributed by atoms with E-state index in [2.05, 4.69) is 48.5 Å². The molecule has 3 saturated heterocycles. The van der Waals surface area contributed by atoms with Crippen LogP contribution in [0.2, 0.25) is 0 Å². The van der Waals surface area contributed by atoms with Gasteiger partial charge in [0.25, 0.3) is 24.9 Å². The number of nitrogens with one attached hydrogen (secondary N) is 2. The van der Waals surface area contributed by atoms with Gasteiger partial charge in [-0.05, 0) is 11.4 Å². The van der Waals surface area contributed by atoms with E-state index in [-0.39, 0.29) is 62.6 Å². The first kappa shape index (κ1) is 59.4. The third-order valence-corrected chi connectivity index (χ3v) is 20.2. The summed E-state index contributed by atoms with van der Waals surface area (Å²) >= 11 is -0.0639. The van der Waals surface area contributed by atoms with Gasteiger partial charge in [0.05, 0.1) is 39.0 Å². The summed E-state index contributed by atoms with van der Waals surface area (Å²) in [6.45, 7) is -7.79. The van der Waals surface area contributed by atoms with E-state index in [0.717, 1.165) is 30.7 Å². The summed E-state index contributed by atoms with van der Waals surface area (Å²) in [6.07, 6.45) is -13.7. The van der Waals surface area contributed by atoms with Crippen LogP contribution >= 0.6 is 41.6 Å². The lowest BCUT2D eigenvalue weighted by Crippen LogP contribution is -2.45. The fourth-order valence-electron chi connectivity index (χ4n) is 9.01. The lowest BCUT2D eigenvalue weighted by atomic mass is 9.94. The van der Waals surface area contributed by atoms with Crippen LogP contribution < -0.4 is 37.8 Å². The number of nitrogens with zero attached hydrogens (tertiary/aromatic N) is 11. The number of anilines is 3. The second kappa shape index (κ2) is 22.5. The maximum Gasteiger partial charge on any atom is 0.488 e. The van der Waals surface area contributed by atoms with E-state index in [9.17, 15) is 67.5 Å². The Balaban J connectivity index is 0.879. The van der Waals surface area contributed by atoms with E-state index < -0.39 is 146 Å². The van der Waals surface area contributed by atoms with Crippen LogP contribution in [0.25, 0.3) is 33.5 Å². The number of aromatic amines is 2. The Bertz CT molecular complexity index is 3660. The van der Waals surface area contributed by atoms with Crippen LogP contribution in [0.5, 0.6) is 0 Å². The first-order valence-electron chi connectivity index (χ1n) is 23.0. The average Bonchev–Trinajstić information content (AvgIpc) is 4.23. The van der Waals surface area contributed by atoms with Crippen LogP contribution in [0.1, 0.15) is 25.1 Å². The number of carbonyl (C=O) groups excluding carboxylic acids is 1. The molecule has 3 aliphatic heterocycles. The van der Waals surface area contributed by atoms with Crippen molar-refractivity contribution in [3.8, 4) is 0 Å². The first-order valence-corrected chi connectivity index (χ1v) is 30.6. The van der Waals surface area contributed by atoms with E-state index in [0.29, 0.717) is 0 Å². The van der Waals surface area contributed by atoms with E-state index in [1.807, 2.05) is 0 Å². The highest BCUT2D eigenvalue weighted by Gasteiger charge is 2.53. The number of imidazole rings is 3. The van der Waals surface area contributed by atoms with Gasteiger partial charge in [-0.15, -0.1) is 0 Å². The van der Waals surface area contributed by atoms with E-state index in [1.165, 1.54) is 46.1 Å². The molecule has 9 rings (SSSR count). The molecule has 4 unspecified atom stereocenters. The minimum atomic E-state index is -6.14. The van der Waals surface area contributed by atoms with Gasteiger partial charge in [-0.1, -0.05) is 4.98 Å². The quantitative estimate of drug-likeness (QED) is 0.0242. The van der Waals surface area contributed by atoms with Crippen molar-refractivity contribution in [2.45, 2.75) is 73.9 Å². The molecular formula is C36H50N16O23P4S. The smallest absolute Gasteiger partial charge is 0.488 e. The lowest BCUT2D eigenvalue weighted by Gasteiger charge is -2.31. The number of phosphoric acid groups is 3. The van der Waals surface area contributed by atoms with Crippen molar-refractivity contribution < 1.29 is 104 Å². The van der Waals surface area contributed by atoms with Crippen molar-refractivity contribution in [3.05, 3.63) is 46.0 Å². The van der Waals surface area contributed by atoms with Crippen LogP contribution in [-0.4, -0.2) is 183 Å². The Morgan fingerprint density at radius 1 is 0.812 bits per heavy atom. The van der Waals surface area contributed by atoms with Gasteiger partial charge in [0.2, 0.25) is 23.6 Å².